The second-order valence-corrected chi connectivity index (χ2v) is 5.74. The van der Waals surface area contributed by atoms with Crippen LogP contribution in [0.1, 0.15) is 22.8 Å². The van der Waals surface area contributed by atoms with Gasteiger partial charge in [0.05, 0.1) is 11.1 Å². The topological polar surface area (TPSA) is 20.2 Å². The van der Waals surface area contributed by atoms with Gasteiger partial charge in [-0.05, 0) is 41.8 Å². The highest BCUT2D eigenvalue weighted by atomic mass is 79.9. The van der Waals surface area contributed by atoms with Crippen molar-refractivity contribution in [2.45, 2.75) is 19.4 Å². The van der Waals surface area contributed by atoms with Gasteiger partial charge in [-0.3, -0.25) is 0 Å². The molecule has 19 heavy (non-hydrogen) atoms. The number of aliphatic hydroxyl groups is 1. The third-order valence-corrected chi connectivity index (χ3v) is 4.15. The zero-order valence-corrected chi connectivity index (χ0v) is 12.7. The highest BCUT2D eigenvalue weighted by Gasteiger charge is 2.11. The maximum absolute atomic E-state index is 13.3. The fourth-order valence-electron chi connectivity index (χ4n) is 1.82. The molecule has 0 bridgehead atoms. The van der Waals surface area contributed by atoms with Crippen LogP contribution >= 0.6 is 27.5 Å². The number of aryl methyl sites for hydroxylation is 1. The van der Waals surface area contributed by atoms with Crippen LogP contribution in [0.4, 0.5) is 4.39 Å². The van der Waals surface area contributed by atoms with Crippen molar-refractivity contribution in [3.8, 4) is 0 Å². The van der Waals surface area contributed by atoms with E-state index in [0.717, 1.165) is 15.6 Å². The van der Waals surface area contributed by atoms with E-state index in [4.69, 9.17) is 11.6 Å². The summed E-state index contributed by atoms with van der Waals surface area (Å²) in [6, 6.07) is 10.3. The quantitative estimate of drug-likeness (QED) is 0.846. The predicted octanol–water partition coefficient (Wildman–Crippen LogP) is 4.83. The van der Waals surface area contributed by atoms with Crippen LogP contribution in [0.3, 0.4) is 0 Å². The minimum atomic E-state index is -0.669. The average molecular weight is 344 g/mol. The molecule has 0 fully saturated rings. The van der Waals surface area contributed by atoms with Crippen molar-refractivity contribution in [2.24, 2.45) is 0 Å². The van der Waals surface area contributed by atoms with Gasteiger partial charge in [-0.2, -0.15) is 0 Å². The van der Waals surface area contributed by atoms with Crippen molar-refractivity contribution >= 4 is 27.5 Å². The molecule has 0 radical (unpaired) electrons. The average Bonchev–Trinajstić information content (AvgIpc) is 2.37. The van der Waals surface area contributed by atoms with Crippen LogP contribution < -0.4 is 0 Å². The van der Waals surface area contributed by atoms with E-state index in [1.165, 1.54) is 12.1 Å². The van der Waals surface area contributed by atoms with Crippen molar-refractivity contribution in [3.63, 3.8) is 0 Å². The molecule has 0 heterocycles. The van der Waals surface area contributed by atoms with Crippen molar-refractivity contribution in [2.75, 3.05) is 0 Å². The van der Waals surface area contributed by atoms with Gasteiger partial charge in [0, 0.05) is 10.9 Å². The zero-order valence-electron chi connectivity index (χ0n) is 10.3. The van der Waals surface area contributed by atoms with Gasteiger partial charge in [0.25, 0.3) is 0 Å². The van der Waals surface area contributed by atoms with Crippen molar-refractivity contribution in [1.29, 1.82) is 0 Å². The normalized spacial score (nSPS) is 12.5. The molecule has 0 saturated heterocycles. The van der Waals surface area contributed by atoms with Gasteiger partial charge < -0.3 is 5.11 Å². The second-order valence-electron chi connectivity index (χ2n) is 4.48. The molecule has 1 unspecified atom stereocenters. The van der Waals surface area contributed by atoms with Crippen LogP contribution in [-0.2, 0) is 6.42 Å². The van der Waals surface area contributed by atoms with Crippen molar-refractivity contribution in [1.82, 2.24) is 0 Å². The summed E-state index contributed by atoms with van der Waals surface area (Å²) >= 11 is 9.06. The fraction of sp³-hybridized carbons (Fsp3) is 0.200. The molecule has 0 aromatic heterocycles. The van der Waals surface area contributed by atoms with Crippen LogP contribution in [0.5, 0.6) is 0 Å². The Kier molecular flexibility index (Phi) is 4.61. The van der Waals surface area contributed by atoms with Crippen LogP contribution in [0, 0.1) is 12.7 Å². The summed E-state index contributed by atoms with van der Waals surface area (Å²) in [7, 11) is 0. The molecule has 0 spiro atoms. The van der Waals surface area contributed by atoms with E-state index in [0.29, 0.717) is 12.0 Å². The van der Waals surface area contributed by atoms with Gasteiger partial charge in [0.2, 0.25) is 0 Å². The zero-order chi connectivity index (χ0) is 14.0. The minimum Gasteiger partial charge on any atom is -0.388 e. The molecule has 0 aliphatic rings. The molecule has 4 heteroatoms. The van der Waals surface area contributed by atoms with E-state index < -0.39 is 11.9 Å². The Morgan fingerprint density at radius 1 is 1.26 bits per heavy atom. The molecule has 2 aromatic rings. The predicted molar refractivity (Wildman–Crippen MR) is 79.0 cm³/mol. The molecule has 0 aliphatic heterocycles. The molecule has 0 saturated carbocycles. The van der Waals surface area contributed by atoms with Crippen LogP contribution in [0.15, 0.2) is 40.9 Å². The molecular formula is C15H13BrClFO. The Morgan fingerprint density at radius 2 is 2.00 bits per heavy atom. The Morgan fingerprint density at radius 3 is 2.63 bits per heavy atom. The third kappa shape index (κ3) is 3.56. The van der Waals surface area contributed by atoms with Crippen LogP contribution in [-0.4, -0.2) is 5.11 Å². The molecule has 1 nitrogen and oxygen atoms in total. The van der Waals surface area contributed by atoms with Crippen molar-refractivity contribution < 1.29 is 9.50 Å². The number of halogens is 3. The lowest BCUT2D eigenvalue weighted by Gasteiger charge is -2.12. The first-order valence-electron chi connectivity index (χ1n) is 5.85. The van der Waals surface area contributed by atoms with Crippen LogP contribution in [0.25, 0.3) is 0 Å². The van der Waals surface area contributed by atoms with E-state index in [-0.39, 0.29) is 5.02 Å². The van der Waals surface area contributed by atoms with E-state index >= 15 is 0 Å². The summed E-state index contributed by atoms with van der Waals surface area (Å²) < 4.78 is 14.3. The molecule has 1 atom stereocenters. The Labute approximate surface area is 125 Å². The summed E-state index contributed by atoms with van der Waals surface area (Å²) in [6.07, 6.45) is -0.318. The summed E-state index contributed by atoms with van der Waals surface area (Å²) in [5.74, 6) is -0.462. The smallest absolute Gasteiger partial charge is 0.142 e. The minimum absolute atomic E-state index is 0.0938. The summed E-state index contributed by atoms with van der Waals surface area (Å²) in [5, 5.41) is 10.3. The first kappa shape index (κ1) is 14.5. The lowest BCUT2D eigenvalue weighted by Crippen LogP contribution is -2.02. The Bertz CT molecular complexity index is 601. The Hall–Kier alpha value is -0.900. The number of rotatable bonds is 3. The SMILES string of the molecule is Cc1ccc(C(O)Cc2ccc(Cl)c(F)c2)cc1Br. The van der Waals surface area contributed by atoms with Gasteiger partial charge >= 0.3 is 0 Å². The lowest BCUT2D eigenvalue weighted by atomic mass is 10.0. The maximum Gasteiger partial charge on any atom is 0.142 e. The van der Waals surface area contributed by atoms with E-state index in [1.807, 2.05) is 25.1 Å². The number of aliphatic hydroxyl groups excluding tert-OH is 1. The molecule has 0 amide bonds. The van der Waals surface area contributed by atoms with Gasteiger partial charge in [0.1, 0.15) is 5.82 Å². The highest BCUT2D eigenvalue weighted by molar-refractivity contribution is 9.10. The second kappa shape index (κ2) is 6.04. The monoisotopic (exact) mass is 342 g/mol. The maximum atomic E-state index is 13.3. The van der Waals surface area contributed by atoms with E-state index in [1.54, 1.807) is 6.07 Å². The lowest BCUT2D eigenvalue weighted by molar-refractivity contribution is 0.178. The Balaban J connectivity index is 2.17. The van der Waals surface area contributed by atoms with E-state index in [9.17, 15) is 9.50 Å². The third-order valence-electron chi connectivity index (χ3n) is 2.99. The van der Waals surface area contributed by atoms with Crippen molar-refractivity contribution in [3.05, 3.63) is 68.4 Å². The first-order chi connectivity index (χ1) is 8.97. The summed E-state index contributed by atoms with van der Waals surface area (Å²) in [5.41, 5.74) is 2.62. The van der Waals surface area contributed by atoms with Gasteiger partial charge in [-0.1, -0.05) is 45.7 Å². The van der Waals surface area contributed by atoms with Crippen LogP contribution in [0.2, 0.25) is 5.02 Å². The molecule has 0 aliphatic carbocycles. The molecule has 2 aromatic carbocycles. The molecule has 1 N–H and O–H groups in total. The molecular weight excluding hydrogens is 331 g/mol. The van der Waals surface area contributed by atoms with E-state index in [2.05, 4.69) is 15.9 Å². The highest BCUT2D eigenvalue weighted by Crippen LogP contribution is 2.25. The number of hydrogen-bond donors (Lipinski definition) is 1. The largest absolute Gasteiger partial charge is 0.388 e. The van der Waals surface area contributed by atoms with Gasteiger partial charge in [0.15, 0.2) is 0 Å². The van der Waals surface area contributed by atoms with Gasteiger partial charge in [-0.15, -0.1) is 0 Å². The van der Waals surface area contributed by atoms with Gasteiger partial charge in [-0.25, -0.2) is 4.39 Å². The number of benzene rings is 2. The first-order valence-corrected chi connectivity index (χ1v) is 7.02. The summed E-state index contributed by atoms with van der Waals surface area (Å²) in [6.45, 7) is 1.98. The number of hydrogen-bond acceptors (Lipinski definition) is 1. The molecule has 2 rings (SSSR count). The fourth-order valence-corrected chi connectivity index (χ4v) is 2.34. The standard InChI is InChI=1S/C15H13BrClFO/c1-9-2-4-11(8-12(9)16)15(19)7-10-3-5-13(17)14(18)6-10/h2-6,8,15,19H,7H2,1H3. The molecule has 100 valence electrons. The summed E-state index contributed by atoms with van der Waals surface area (Å²) in [4.78, 5) is 0.